The number of fused-ring (bicyclic) bond motifs is 11. The van der Waals surface area contributed by atoms with Crippen LogP contribution in [-0.2, 0) is 75.3 Å². The number of para-hydroxylation sites is 10. The van der Waals surface area contributed by atoms with Gasteiger partial charge in [0.05, 0.1) is 91.2 Å². The summed E-state index contributed by atoms with van der Waals surface area (Å²) in [6, 6.07) is 78.0. The number of nitrogens with zero attached hydrogens (tertiary/aromatic N) is 15. The van der Waals surface area contributed by atoms with E-state index in [-0.39, 0.29) is 11.3 Å². The second kappa shape index (κ2) is 32.4. The van der Waals surface area contributed by atoms with Crippen LogP contribution in [0.2, 0.25) is 0 Å². The van der Waals surface area contributed by atoms with Crippen molar-refractivity contribution in [1.29, 1.82) is 0 Å². The first-order valence-corrected chi connectivity index (χ1v) is 43.2. The topological polar surface area (TPSA) is 174 Å². The molecule has 22 aromatic rings. The lowest BCUT2D eigenvalue weighted by molar-refractivity contribution is -0.634. The van der Waals surface area contributed by atoms with Crippen molar-refractivity contribution >= 4 is 121 Å². The van der Waals surface area contributed by atoms with Crippen LogP contribution in [0.15, 0.2) is 253 Å². The van der Waals surface area contributed by atoms with Crippen LogP contribution in [0.5, 0.6) is 0 Å². The Balaban J connectivity index is 0.000000107. The molecule has 20 heteroatoms. The van der Waals surface area contributed by atoms with Gasteiger partial charge in [-0.15, -0.1) is 0 Å². The summed E-state index contributed by atoms with van der Waals surface area (Å²) in [6.45, 7) is 27.5. The fourth-order valence-electron chi connectivity index (χ4n) is 18.5. The number of aromatic nitrogens is 15. The summed E-state index contributed by atoms with van der Waals surface area (Å²) in [6.07, 6.45) is 2.38. The maximum atomic E-state index is 6.07. The van der Waals surface area contributed by atoms with Crippen molar-refractivity contribution in [3.8, 4) is 62.6 Å². The van der Waals surface area contributed by atoms with Gasteiger partial charge in [-0.3, -0.25) is 0 Å². The van der Waals surface area contributed by atoms with Crippen LogP contribution in [0, 0.1) is 47.5 Å². The zero-order chi connectivity index (χ0) is 88.3. The van der Waals surface area contributed by atoms with Gasteiger partial charge in [0, 0.05) is 30.1 Å². The lowest BCUT2D eigenvalue weighted by Crippen LogP contribution is -2.30. The molecule has 0 aliphatic rings. The van der Waals surface area contributed by atoms with Crippen LogP contribution in [0.25, 0.3) is 184 Å². The minimum absolute atomic E-state index is 0.120. The standard InChI is InChI=1S/C26H20N3O.2C21H24N3O.C20H22N3O.C18H18N3O/c1-17-14-15-23-25(27-16-30-23)24(17)26-28(2)21-11-5-6-12-22(21)29(26)20-13-7-9-18-8-3-4-10-19(18)20;1-13-11-12-16-18(22-20(25-16)21(2,3)4)17(13)19-23(5)14-9-7-8-10-15(14)24(19)6;1-13(2)12-18-22-20-17(25-18)11-10-14(3)19(20)21-23(4)15-8-6-7-9-16(15)24(21)5;1-12(2)19-21-18-16(24-19)11-10-13(3)17(18)20-22(4)14-8-6-7-9-15(14)23(20)5;1-11-9-10-15-17(19-12(2)22-15)16(11)18-20(3)13-7-5-6-8-14(13)21(18)4/h3-16H,1-2H3;7-12H,1-6H3;6-11,13H,12H2,1-5H3;6-12H,1-5H3;5-10H,1-4H3/q5*+1. The number of hydrogen-bond acceptors (Lipinski definition) is 10. The predicted molar refractivity (Wildman–Crippen MR) is 503 cm³/mol. The van der Waals surface area contributed by atoms with Crippen molar-refractivity contribution in [3.63, 3.8) is 0 Å². The van der Waals surface area contributed by atoms with Gasteiger partial charge in [0.15, 0.2) is 107 Å². The smallest absolute Gasteiger partial charge is 0.297 e. The van der Waals surface area contributed by atoms with Crippen LogP contribution < -0.4 is 22.8 Å². The minimum atomic E-state index is -0.120. The molecule has 0 bridgehead atoms. The normalized spacial score (nSPS) is 11.9. The van der Waals surface area contributed by atoms with Gasteiger partial charge in [-0.2, -0.15) is 4.57 Å². The first kappa shape index (κ1) is 82.5. The fraction of sp³-hybridized carbons (Fsp3) is 0.245. The summed E-state index contributed by atoms with van der Waals surface area (Å²) >= 11 is 0. The van der Waals surface area contributed by atoms with E-state index in [2.05, 4.69) is 396 Å². The Labute approximate surface area is 731 Å². The van der Waals surface area contributed by atoms with Crippen LogP contribution in [0.3, 0.4) is 0 Å². The molecule has 20 nitrogen and oxygen atoms in total. The Bertz CT molecular complexity index is 7860. The molecule has 0 atom stereocenters. The number of oxazole rings is 5. The molecular formula is C106H108N15O5+5. The van der Waals surface area contributed by atoms with Crippen LogP contribution in [-0.4, -0.2) is 47.8 Å². The van der Waals surface area contributed by atoms with E-state index >= 15 is 0 Å². The monoisotopic (exact) mass is 1670 g/mol. The molecule has 0 amide bonds. The molecule has 0 saturated heterocycles. The largest absolute Gasteiger partial charge is 0.443 e. The van der Waals surface area contributed by atoms with Gasteiger partial charge in [0.1, 0.15) is 33.3 Å². The van der Waals surface area contributed by atoms with E-state index in [4.69, 9.17) is 37.0 Å². The molecule has 0 spiro atoms. The lowest BCUT2D eigenvalue weighted by Gasteiger charge is -2.11. The molecule has 0 aliphatic carbocycles. The molecule has 0 N–H and O–H groups in total. The highest BCUT2D eigenvalue weighted by molar-refractivity contribution is 5.99. The molecular weight excluding hydrogens is 1560 g/mol. The van der Waals surface area contributed by atoms with E-state index in [1.54, 1.807) is 0 Å². The molecule has 632 valence electrons. The predicted octanol–water partition coefficient (Wildman–Crippen LogP) is 22.1. The second-order valence-corrected chi connectivity index (χ2v) is 35.2. The molecule has 22 rings (SSSR count). The minimum Gasteiger partial charge on any atom is -0.443 e. The van der Waals surface area contributed by atoms with Gasteiger partial charge >= 0.3 is 0 Å². The van der Waals surface area contributed by atoms with Crippen molar-refractivity contribution in [1.82, 2.24) is 47.8 Å². The Hall–Kier alpha value is -14.4. The number of rotatable bonds is 9. The number of aryl methyl sites for hydroxylation is 15. The van der Waals surface area contributed by atoms with Crippen molar-refractivity contribution in [3.05, 3.63) is 282 Å². The Kier molecular flexibility index (Phi) is 21.2. The molecule has 0 aliphatic heterocycles. The Morgan fingerprint density at radius 2 is 0.698 bits per heavy atom. The third-order valence-electron chi connectivity index (χ3n) is 24.8. The molecule has 0 radical (unpaired) electrons. The van der Waals surface area contributed by atoms with Crippen LogP contribution in [0.1, 0.15) is 106 Å². The highest BCUT2D eigenvalue weighted by Gasteiger charge is 2.35. The zero-order valence-corrected chi connectivity index (χ0v) is 76.1. The van der Waals surface area contributed by atoms with Gasteiger partial charge in [-0.25, -0.2) is 66.0 Å². The molecule has 0 unspecified atom stereocenters. The second-order valence-electron chi connectivity index (χ2n) is 35.2. The van der Waals surface area contributed by atoms with E-state index < -0.39 is 0 Å². The van der Waals surface area contributed by atoms with E-state index in [1.165, 1.54) is 89.1 Å². The van der Waals surface area contributed by atoms with Crippen LogP contribution in [0.4, 0.5) is 0 Å². The molecule has 0 saturated carbocycles. The SMILES string of the molecule is Cc1ccc2oc(C(C)(C)C)nc2c1-c1n(C)c2ccccc2[n+]1C.Cc1ccc2oc(C(C)C)nc2c1-c1n(C)c2ccccc2[n+]1C.Cc1ccc2oc(CC(C)C)nc2c1-c1n(C)c2ccccc2[n+]1C.Cc1ccc2ocnc2c1-c1n(-c2cccc3ccccc23)c2ccccc2[n+]1C.Cc1nc2c(-c3n(C)c4ccccc4[n+]3C)c(C)ccc2o1. The molecule has 126 heavy (non-hydrogen) atoms. The van der Waals surface area contributed by atoms with Crippen molar-refractivity contribution < 1.29 is 44.9 Å². The average Bonchev–Trinajstić information content (AvgIpc) is 1.58. The summed E-state index contributed by atoms with van der Waals surface area (Å²) in [7, 11) is 19.0. The summed E-state index contributed by atoms with van der Waals surface area (Å²) in [5, 5.41) is 2.44. The van der Waals surface area contributed by atoms with Gasteiger partial charge in [-0.1, -0.05) is 176 Å². The van der Waals surface area contributed by atoms with Gasteiger partial charge < -0.3 is 22.1 Å². The van der Waals surface area contributed by atoms with E-state index in [0.717, 1.165) is 153 Å². The van der Waals surface area contributed by atoms with Gasteiger partial charge in [-0.05, 0) is 171 Å². The van der Waals surface area contributed by atoms with Gasteiger partial charge in [0.25, 0.3) is 29.1 Å². The number of benzene rings is 12. The highest BCUT2D eigenvalue weighted by atomic mass is 16.4. The molecule has 12 aromatic carbocycles. The summed E-state index contributed by atoms with van der Waals surface area (Å²) in [4.78, 5) is 23.7. The quantitative estimate of drug-likeness (QED) is 0.127. The molecule has 0 fully saturated rings. The van der Waals surface area contributed by atoms with Crippen molar-refractivity contribution in [2.45, 2.75) is 108 Å². The summed E-state index contributed by atoms with van der Waals surface area (Å²) in [5.74, 6) is 9.52. The first-order chi connectivity index (χ1) is 60.6. The maximum absolute atomic E-state index is 6.07. The van der Waals surface area contributed by atoms with E-state index in [9.17, 15) is 0 Å². The maximum Gasteiger partial charge on any atom is 0.297 e. The fourth-order valence-corrected chi connectivity index (χ4v) is 18.5. The van der Waals surface area contributed by atoms with E-state index in [0.29, 0.717) is 11.8 Å². The average molecular weight is 1670 g/mol. The summed E-state index contributed by atoms with van der Waals surface area (Å²) < 4.78 is 51.9. The van der Waals surface area contributed by atoms with E-state index in [1.807, 2.05) is 37.3 Å². The Morgan fingerprint density at radius 1 is 0.341 bits per heavy atom. The summed E-state index contributed by atoms with van der Waals surface area (Å²) in [5.41, 5.74) is 33.5. The van der Waals surface area contributed by atoms with Crippen molar-refractivity contribution in [2.24, 2.45) is 69.3 Å². The number of hydrogen-bond donors (Lipinski definition) is 0. The third-order valence-corrected chi connectivity index (χ3v) is 24.8. The van der Waals surface area contributed by atoms with Gasteiger partial charge in [0.2, 0.25) is 5.89 Å². The molecule has 10 heterocycles. The highest BCUT2D eigenvalue weighted by Crippen LogP contribution is 2.41. The first-order valence-electron chi connectivity index (χ1n) is 43.2. The Morgan fingerprint density at radius 3 is 1.14 bits per heavy atom. The number of imidazole rings is 5. The van der Waals surface area contributed by atoms with Crippen LogP contribution >= 0.6 is 0 Å². The lowest BCUT2D eigenvalue weighted by atomic mass is 9.97. The molecule has 10 aromatic heterocycles. The van der Waals surface area contributed by atoms with Crippen molar-refractivity contribution in [2.75, 3.05) is 0 Å². The zero-order valence-electron chi connectivity index (χ0n) is 76.1. The third kappa shape index (κ3) is 14.1.